The number of aromatic nitrogens is 3. The van der Waals surface area contributed by atoms with Crippen molar-refractivity contribution in [1.29, 1.82) is 0 Å². The summed E-state index contributed by atoms with van der Waals surface area (Å²) in [6.45, 7) is 1.81. The van der Waals surface area contributed by atoms with Crippen LogP contribution in [0.5, 0.6) is 0 Å². The number of fused-ring (bicyclic) bond motifs is 1. The zero-order valence-corrected chi connectivity index (χ0v) is 12.8. The summed E-state index contributed by atoms with van der Waals surface area (Å²) in [4.78, 5) is 16.4. The topological polar surface area (TPSA) is 59.8 Å². The fourth-order valence-electron chi connectivity index (χ4n) is 2.42. The fourth-order valence-corrected chi connectivity index (χ4v) is 2.42. The van der Waals surface area contributed by atoms with Gasteiger partial charge in [-0.15, -0.1) is 0 Å². The van der Waals surface area contributed by atoms with Crippen LogP contribution in [0.2, 0.25) is 0 Å². The van der Waals surface area contributed by atoms with Crippen LogP contribution >= 0.6 is 0 Å². The van der Waals surface area contributed by atoms with E-state index in [2.05, 4.69) is 15.4 Å². The Morgan fingerprint density at radius 3 is 2.71 bits per heavy atom. The molecule has 2 aromatic heterocycles. The van der Waals surface area contributed by atoms with Gasteiger partial charge in [0.1, 0.15) is 0 Å². The van der Waals surface area contributed by atoms with Crippen LogP contribution in [0.1, 0.15) is 21.6 Å². The monoisotopic (exact) mass is 334 g/mol. The molecule has 124 valence electrons. The summed E-state index contributed by atoms with van der Waals surface area (Å²) < 4.78 is 39.8. The number of carbonyl (C=O) groups is 1. The van der Waals surface area contributed by atoms with Crippen molar-refractivity contribution in [3.63, 3.8) is 0 Å². The number of carbonyl (C=O) groups excluding carboxylic acids is 1. The van der Waals surface area contributed by atoms with E-state index in [9.17, 15) is 18.0 Å². The molecule has 5 nitrogen and oxygen atoms in total. The van der Waals surface area contributed by atoms with Gasteiger partial charge in [-0.3, -0.25) is 9.48 Å². The molecule has 0 aliphatic rings. The normalized spacial score (nSPS) is 11.7. The molecule has 0 bridgehead atoms. The molecule has 8 heteroatoms. The molecule has 3 rings (SSSR count). The second kappa shape index (κ2) is 5.63. The molecule has 0 spiro atoms. The lowest BCUT2D eigenvalue weighted by Crippen LogP contribution is -2.14. The van der Waals surface area contributed by atoms with Crippen LogP contribution in [-0.4, -0.2) is 20.7 Å². The number of rotatable bonds is 2. The van der Waals surface area contributed by atoms with Gasteiger partial charge >= 0.3 is 6.18 Å². The highest BCUT2D eigenvalue weighted by molar-refractivity contribution is 6.05. The predicted octanol–water partition coefficient (Wildman–Crippen LogP) is 3.55. The highest BCUT2D eigenvalue weighted by atomic mass is 19.4. The van der Waals surface area contributed by atoms with Gasteiger partial charge in [-0.2, -0.15) is 18.3 Å². The minimum atomic E-state index is -4.50. The highest BCUT2D eigenvalue weighted by Gasteiger charge is 2.30. The summed E-state index contributed by atoms with van der Waals surface area (Å²) in [6, 6.07) is 5.95. The predicted molar refractivity (Wildman–Crippen MR) is 82.6 cm³/mol. The molecule has 0 aliphatic heterocycles. The third-order valence-electron chi connectivity index (χ3n) is 3.57. The molecule has 0 saturated heterocycles. The van der Waals surface area contributed by atoms with Crippen molar-refractivity contribution in [3.05, 3.63) is 53.3 Å². The lowest BCUT2D eigenvalue weighted by molar-refractivity contribution is -0.137. The standard InChI is InChI=1S/C16H13F3N4O/c1-9-13-7-12(8-20-14(13)23(2)22-9)21-15(24)10-4-3-5-11(6-10)16(17,18)19/h3-8H,1-2H3,(H,21,24). The van der Waals surface area contributed by atoms with Gasteiger partial charge in [0.05, 0.1) is 23.1 Å². The maximum Gasteiger partial charge on any atom is 0.416 e. The summed E-state index contributed by atoms with van der Waals surface area (Å²) in [5, 5.41) is 7.55. The zero-order valence-electron chi connectivity index (χ0n) is 12.8. The van der Waals surface area contributed by atoms with Crippen molar-refractivity contribution in [3.8, 4) is 0 Å². The maximum atomic E-state index is 12.7. The Balaban J connectivity index is 1.89. The number of anilines is 1. The summed E-state index contributed by atoms with van der Waals surface area (Å²) in [5.74, 6) is -0.635. The van der Waals surface area contributed by atoms with Gasteiger partial charge in [-0.25, -0.2) is 4.98 Å². The lowest BCUT2D eigenvalue weighted by Gasteiger charge is -2.09. The van der Waals surface area contributed by atoms with Crippen molar-refractivity contribution in [2.75, 3.05) is 5.32 Å². The van der Waals surface area contributed by atoms with E-state index in [4.69, 9.17) is 0 Å². The third-order valence-corrected chi connectivity index (χ3v) is 3.57. The Kier molecular flexibility index (Phi) is 3.75. The highest BCUT2D eigenvalue weighted by Crippen LogP contribution is 2.29. The van der Waals surface area contributed by atoms with E-state index in [1.54, 1.807) is 17.8 Å². The van der Waals surface area contributed by atoms with Crippen molar-refractivity contribution in [1.82, 2.24) is 14.8 Å². The zero-order chi connectivity index (χ0) is 17.5. The number of hydrogen-bond acceptors (Lipinski definition) is 3. The molecule has 1 amide bonds. The van der Waals surface area contributed by atoms with E-state index < -0.39 is 17.6 Å². The van der Waals surface area contributed by atoms with E-state index in [1.807, 2.05) is 6.92 Å². The number of hydrogen-bond donors (Lipinski definition) is 1. The lowest BCUT2D eigenvalue weighted by atomic mass is 10.1. The van der Waals surface area contributed by atoms with Crippen LogP contribution in [0.4, 0.5) is 18.9 Å². The largest absolute Gasteiger partial charge is 0.416 e. The van der Waals surface area contributed by atoms with Crippen LogP contribution < -0.4 is 5.32 Å². The van der Waals surface area contributed by atoms with E-state index in [0.29, 0.717) is 11.3 Å². The van der Waals surface area contributed by atoms with Crippen LogP contribution in [-0.2, 0) is 13.2 Å². The average molecular weight is 334 g/mol. The molecule has 0 saturated carbocycles. The van der Waals surface area contributed by atoms with Gasteiger partial charge in [0.25, 0.3) is 5.91 Å². The van der Waals surface area contributed by atoms with Gasteiger partial charge < -0.3 is 5.32 Å². The first-order valence-electron chi connectivity index (χ1n) is 7.03. The number of nitrogens with zero attached hydrogens (tertiary/aromatic N) is 3. The molecule has 0 unspecified atom stereocenters. The summed E-state index contributed by atoms with van der Waals surface area (Å²) in [6.07, 6.45) is -3.06. The summed E-state index contributed by atoms with van der Waals surface area (Å²) in [7, 11) is 1.75. The Morgan fingerprint density at radius 1 is 1.25 bits per heavy atom. The van der Waals surface area contributed by atoms with Gasteiger partial charge in [-0.05, 0) is 31.2 Å². The van der Waals surface area contributed by atoms with E-state index in [-0.39, 0.29) is 5.56 Å². The van der Waals surface area contributed by atoms with Crippen molar-refractivity contribution in [2.45, 2.75) is 13.1 Å². The number of alkyl halides is 3. The van der Waals surface area contributed by atoms with Gasteiger partial charge in [0.15, 0.2) is 5.65 Å². The Morgan fingerprint density at radius 2 is 2.00 bits per heavy atom. The average Bonchev–Trinajstić information content (AvgIpc) is 2.81. The minimum Gasteiger partial charge on any atom is -0.321 e. The molecule has 1 N–H and O–H groups in total. The molecule has 1 aromatic carbocycles. The van der Waals surface area contributed by atoms with Crippen LogP contribution in [0.25, 0.3) is 11.0 Å². The minimum absolute atomic E-state index is 0.0761. The second-order valence-electron chi connectivity index (χ2n) is 5.34. The van der Waals surface area contributed by atoms with E-state index >= 15 is 0 Å². The van der Waals surface area contributed by atoms with Gasteiger partial charge in [0, 0.05) is 18.0 Å². The number of aryl methyl sites for hydroxylation is 2. The fraction of sp³-hybridized carbons (Fsp3) is 0.188. The number of benzene rings is 1. The smallest absolute Gasteiger partial charge is 0.321 e. The van der Waals surface area contributed by atoms with Gasteiger partial charge in [0.2, 0.25) is 0 Å². The molecule has 0 aliphatic carbocycles. The van der Waals surface area contributed by atoms with Crippen molar-refractivity contribution < 1.29 is 18.0 Å². The molecule has 0 radical (unpaired) electrons. The van der Waals surface area contributed by atoms with Crippen LogP contribution in [0, 0.1) is 6.92 Å². The number of pyridine rings is 1. The Bertz CT molecular complexity index is 931. The van der Waals surface area contributed by atoms with Crippen molar-refractivity contribution in [2.24, 2.45) is 7.05 Å². The molecular formula is C16H13F3N4O. The molecule has 2 heterocycles. The number of nitrogens with one attached hydrogen (secondary N) is 1. The van der Waals surface area contributed by atoms with Crippen molar-refractivity contribution >= 4 is 22.6 Å². The molecule has 0 fully saturated rings. The maximum absolute atomic E-state index is 12.7. The van der Waals surface area contributed by atoms with Crippen LogP contribution in [0.15, 0.2) is 36.5 Å². The first-order chi connectivity index (χ1) is 11.3. The Labute approximate surface area is 135 Å². The second-order valence-corrected chi connectivity index (χ2v) is 5.34. The molecular weight excluding hydrogens is 321 g/mol. The summed E-state index contributed by atoms with van der Waals surface area (Å²) in [5.41, 5.74) is 0.848. The van der Waals surface area contributed by atoms with E-state index in [0.717, 1.165) is 23.2 Å². The molecule has 0 atom stereocenters. The quantitative estimate of drug-likeness (QED) is 0.780. The molecule has 24 heavy (non-hydrogen) atoms. The SMILES string of the molecule is Cc1nn(C)c2ncc(NC(=O)c3cccc(C(F)(F)F)c3)cc12. The van der Waals surface area contributed by atoms with Crippen LogP contribution in [0.3, 0.4) is 0 Å². The molecule has 3 aromatic rings. The first-order valence-corrected chi connectivity index (χ1v) is 7.03. The van der Waals surface area contributed by atoms with Gasteiger partial charge in [-0.1, -0.05) is 6.07 Å². The Hall–Kier alpha value is -2.90. The summed E-state index contributed by atoms with van der Waals surface area (Å²) >= 11 is 0. The number of halogens is 3. The van der Waals surface area contributed by atoms with E-state index in [1.165, 1.54) is 18.3 Å². The number of amides is 1. The first kappa shape index (κ1) is 16.0. The third kappa shape index (κ3) is 2.94.